The van der Waals surface area contributed by atoms with E-state index in [0.717, 1.165) is 5.65 Å². The van der Waals surface area contributed by atoms with Crippen molar-refractivity contribution in [3.63, 3.8) is 0 Å². The molecule has 2 aromatic rings. The standard InChI is InChI=1S/C5H3N4.C2H6.K/c1-2-9-5(3-6-1)7-4-8-9;1-2;/h2-4H;1-2H3;/q-1;;+1. The fraction of sp³-hybridized carbons (Fsp3) is 0.286. The summed E-state index contributed by atoms with van der Waals surface area (Å²) in [5.74, 6) is 0. The molecule has 0 saturated carbocycles. The Labute approximate surface area is 114 Å². The smallest absolute Gasteiger partial charge is 0.454 e. The van der Waals surface area contributed by atoms with E-state index in [9.17, 15) is 0 Å². The van der Waals surface area contributed by atoms with Gasteiger partial charge in [-0.05, 0) is 6.20 Å². The quantitative estimate of drug-likeness (QED) is 0.353. The van der Waals surface area contributed by atoms with Crippen LogP contribution >= 0.6 is 0 Å². The van der Waals surface area contributed by atoms with Crippen LogP contribution in [-0.4, -0.2) is 19.6 Å². The van der Waals surface area contributed by atoms with Crippen molar-refractivity contribution in [1.82, 2.24) is 19.6 Å². The molecule has 12 heavy (non-hydrogen) atoms. The molecular formula is C7H9KN4. The fourth-order valence-corrected chi connectivity index (χ4v) is 0.634. The number of rotatable bonds is 0. The summed E-state index contributed by atoms with van der Waals surface area (Å²) in [6, 6.07) is 0. The van der Waals surface area contributed by atoms with Crippen molar-refractivity contribution >= 4 is 5.65 Å². The normalized spacial score (nSPS) is 8.17. The average Bonchev–Trinajstić information content (AvgIpc) is 2.55. The maximum atomic E-state index is 3.89. The van der Waals surface area contributed by atoms with Crippen molar-refractivity contribution in [1.29, 1.82) is 0 Å². The predicted octanol–water partition coefficient (Wildman–Crippen LogP) is -2.05. The van der Waals surface area contributed by atoms with Crippen LogP contribution in [0.25, 0.3) is 5.65 Å². The average molecular weight is 188 g/mol. The van der Waals surface area contributed by atoms with E-state index in [0.29, 0.717) is 0 Å². The van der Waals surface area contributed by atoms with E-state index in [4.69, 9.17) is 0 Å². The molecule has 0 unspecified atom stereocenters. The van der Waals surface area contributed by atoms with Crippen LogP contribution in [0.4, 0.5) is 0 Å². The summed E-state index contributed by atoms with van der Waals surface area (Å²) in [4.78, 5) is 7.62. The molecule has 0 fully saturated rings. The maximum Gasteiger partial charge on any atom is 1.00 e. The number of fused-ring (bicyclic) bond motifs is 1. The van der Waals surface area contributed by atoms with Gasteiger partial charge in [-0.2, -0.15) is 5.10 Å². The van der Waals surface area contributed by atoms with Crippen LogP contribution in [0.1, 0.15) is 13.8 Å². The van der Waals surface area contributed by atoms with Crippen LogP contribution in [0.2, 0.25) is 0 Å². The van der Waals surface area contributed by atoms with Gasteiger partial charge in [0.1, 0.15) is 6.33 Å². The zero-order valence-electron chi connectivity index (χ0n) is 7.52. The zero-order chi connectivity index (χ0) is 8.10. The minimum Gasteiger partial charge on any atom is -0.454 e. The van der Waals surface area contributed by atoms with Crippen molar-refractivity contribution in [3.8, 4) is 0 Å². The first-order valence-electron chi connectivity index (χ1n) is 3.48. The van der Waals surface area contributed by atoms with Crippen LogP contribution in [0, 0.1) is 6.20 Å². The number of nitrogens with zero attached hydrogens (tertiary/aromatic N) is 4. The van der Waals surface area contributed by atoms with E-state index >= 15 is 0 Å². The van der Waals surface area contributed by atoms with Gasteiger partial charge in [0, 0.05) is 0 Å². The molecule has 0 saturated heterocycles. The second-order valence-corrected chi connectivity index (χ2v) is 1.58. The second-order valence-electron chi connectivity index (χ2n) is 1.58. The van der Waals surface area contributed by atoms with Crippen LogP contribution in [0.5, 0.6) is 0 Å². The van der Waals surface area contributed by atoms with Gasteiger partial charge in [0.25, 0.3) is 0 Å². The van der Waals surface area contributed by atoms with E-state index in [2.05, 4.69) is 21.3 Å². The molecule has 58 valence electrons. The van der Waals surface area contributed by atoms with Crippen LogP contribution in [-0.2, 0) is 0 Å². The van der Waals surface area contributed by atoms with Gasteiger partial charge in [-0.3, -0.25) is 4.52 Å². The summed E-state index contributed by atoms with van der Waals surface area (Å²) in [7, 11) is 0. The first-order chi connectivity index (χ1) is 5.47. The Bertz CT molecular complexity index is 289. The molecule has 5 heteroatoms. The Morgan fingerprint density at radius 1 is 1.42 bits per heavy atom. The SMILES string of the molecule is CC.[K+].[c-]1cn2ncnc2cn1. The van der Waals surface area contributed by atoms with Crippen LogP contribution < -0.4 is 51.4 Å². The number of hydrogen-bond acceptors (Lipinski definition) is 3. The molecule has 0 N–H and O–H groups in total. The molecule has 2 aromatic heterocycles. The topological polar surface area (TPSA) is 43.1 Å². The van der Waals surface area contributed by atoms with E-state index in [-0.39, 0.29) is 51.4 Å². The van der Waals surface area contributed by atoms with Gasteiger partial charge in [0.15, 0.2) is 0 Å². The molecule has 2 heterocycles. The largest absolute Gasteiger partial charge is 1.00 e. The van der Waals surface area contributed by atoms with Gasteiger partial charge in [-0.25, -0.2) is 4.98 Å². The minimum atomic E-state index is 0. The summed E-state index contributed by atoms with van der Waals surface area (Å²) < 4.78 is 1.60. The molecule has 0 bridgehead atoms. The third kappa shape index (κ3) is 2.91. The summed E-state index contributed by atoms with van der Waals surface area (Å²) in [5, 5.41) is 3.85. The monoisotopic (exact) mass is 188 g/mol. The molecule has 0 spiro atoms. The third-order valence-corrected chi connectivity index (χ3v) is 1.04. The van der Waals surface area contributed by atoms with E-state index in [1.54, 1.807) is 16.9 Å². The van der Waals surface area contributed by atoms with E-state index in [1.165, 1.54) is 6.33 Å². The molecule has 2 rings (SSSR count). The zero-order valence-corrected chi connectivity index (χ0v) is 10.6. The first-order valence-corrected chi connectivity index (χ1v) is 3.48. The molecule has 0 aliphatic carbocycles. The molecule has 0 radical (unpaired) electrons. The fourth-order valence-electron chi connectivity index (χ4n) is 0.634. The summed E-state index contributed by atoms with van der Waals surface area (Å²) in [5.41, 5.74) is 0.744. The molecule has 4 nitrogen and oxygen atoms in total. The Kier molecular flexibility index (Phi) is 6.78. The number of hydrogen-bond donors (Lipinski definition) is 0. The van der Waals surface area contributed by atoms with E-state index < -0.39 is 0 Å². The molecule has 0 atom stereocenters. The Morgan fingerprint density at radius 2 is 2.17 bits per heavy atom. The van der Waals surface area contributed by atoms with Crippen LogP contribution in [0.3, 0.4) is 0 Å². The van der Waals surface area contributed by atoms with Gasteiger partial charge in [0.2, 0.25) is 0 Å². The Balaban J connectivity index is 0.000000378. The van der Waals surface area contributed by atoms with Gasteiger partial charge in [0.05, 0.1) is 5.65 Å². The third-order valence-electron chi connectivity index (χ3n) is 1.04. The molecule has 0 aliphatic rings. The van der Waals surface area contributed by atoms with Crippen molar-refractivity contribution in [2.45, 2.75) is 13.8 Å². The maximum absolute atomic E-state index is 3.89. The Hall–Kier alpha value is 0.186. The van der Waals surface area contributed by atoms with E-state index in [1.807, 2.05) is 13.8 Å². The second kappa shape index (κ2) is 6.68. The molecule has 0 aliphatic heterocycles. The molecule has 0 amide bonds. The van der Waals surface area contributed by atoms with Crippen molar-refractivity contribution in [2.75, 3.05) is 0 Å². The van der Waals surface area contributed by atoms with Gasteiger partial charge < -0.3 is 4.98 Å². The Morgan fingerprint density at radius 3 is 2.83 bits per heavy atom. The number of aromatic nitrogens is 4. The van der Waals surface area contributed by atoms with Crippen LogP contribution in [0.15, 0.2) is 18.7 Å². The minimum absolute atomic E-state index is 0. The van der Waals surface area contributed by atoms with Gasteiger partial charge >= 0.3 is 51.4 Å². The summed E-state index contributed by atoms with van der Waals surface area (Å²) >= 11 is 0. The summed E-state index contributed by atoms with van der Waals surface area (Å²) in [6.45, 7) is 4.00. The molecular weight excluding hydrogens is 179 g/mol. The van der Waals surface area contributed by atoms with Crippen molar-refractivity contribution < 1.29 is 51.4 Å². The van der Waals surface area contributed by atoms with Crippen molar-refractivity contribution in [2.24, 2.45) is 0 Å². The first kappa shape index (κ1) is 12.2. The van der Waals surface area contributed by atoms with Gasteiger partial charge in [-0.1, -0.05) is 20.0 Å². The summed E-state index contributed by atoms with van der Waals surface area (Å²) in [6.07, 6.45) is 7.34. The van der Waals surface area contributed by atoms with Gasteiger partial charge in [-0.15, -0.1) is 6.20 Å². The predicted molar refractivity (Wildman–Crippen MR) is 41.0 cm³/mol. The molecule has 0 aromatic carbocycles. The van der Waals surface area contributed by atoms with Crippen molar-refractivity contribution in [3.05, 3.63) is 24.9 Å².